The van der Waals surface area contributed by atoms with Crippen LogP contribution in [0.25, 0.3) is 10.8 Å². The molecule has 3 aromatic rings. The third-order valence-corrected chi connectivity index (χ3v) is 3.79. The van der Waals surface area contributed by atoms with Crippen molar-refractivity contribution >= 4 is 16.7 Å². The number of amides is 1. The van der Waals surface area contributed by atoms with Crippen LogP contribution in [-0.4, -0.2) is 17.6 Å². The van der Waals surface area contributed by atoms with Crippen LogP contribution < -0.4 is 10.1 Å². The summed E-state index contributed by atoms with van der Waals surface area (Å²) in [4.78, 5) is 12.5. The monoisotopic (exact) mass is 361 g/mol. The number of rotatable bonds is 5. The molecule has 0 heterocycles. The van der Waals surface area contributed by atoms with Crippen molar-refractivity contribution in [1.82, 2.24) is 5.32 Å². The van der Waals surface area contributed by atoms with Crippen molar-refractivity contribution < 1.29 is 27.8 Å². The van der Waals surface area contributed by atoms with E-state index in [9.17, 15) is 23.1 Å². The maximum absolute atomic E-state index is 13.4. The van der Waals surface area contributed by atoms with E-state index < -0.39 is 18.3 Å². The van der Waals surface area contributed by atoms with Gasteiger partial charge in [-0.1, -0.05) is 12.1 Å². The van der Waals surface area contributed by atoms with Gasteiger partial charge in [0.25, 0.3) is 5.91 Å². The van der Waals surface area contributed by atoms with Crippen molar-refractivity contribution in [2.75, 3.05) is 0 Å². The Hall–Kier alpha value is -3.22. The first kappa shape index (κ1) is 17.6. The van der Waals surface area contributed by atoms with Crippen LogP contribution in [0.1, 0.15) is 15.9 Å². The first-order chi connectivity index (χ1) is 12.4. The van der Waals surface area contributed by atoms with Gasteiger partial charge in [-0.2, -0.15) is 8.78 Å². The van der Waals surface area contributed by atoms with Gasteiger partial charge in [-0.15, -0.1) is 0 Å². The number of ether oxygens (including phenoxy) is 1. The fourth-order valence-electron chi connectivity index (χ4n) is 2.64. The van der Waals surface area contributed by atoms with Crippen molar-refractivity contribution in [3.63, 3.8) is 0 Å². The van der Waals surface area contributed by atoms with Crippen molar-refractivity contribution in [3.05, 3.63) is 71.5 Å². The highest BCUT2D eigenvalue weighted by Gasteiger charge is 2.14. The zero-order valence-corrected chi connectivity index (χ0v) is 13.4. The molecule has 4 nitrogen and oxygen atoms in total. The normalized spacial score (nSPS) is 10.9. The second-order valence-electron chi connectivity index (χ2n) is 5.52. The summed E-state index contributed by atoms with van der Waals surface area (Å²) in [6.45, 7) is -3.24. The van der Waals surface area contributed by atoms with Crippen molar-refractivity contribution in [1.29, 1.82) is 0 Å². The number of carbonyl (C=O) groups is 1. The van der Waals surface area contributed by atoms with Crippen LogP contribution in [0.5, 0.6) is 11.5 Å². The summed E-state index contributed by atoms with van der Waals surface area (Å²) >= 11 is 0. The second-order valence-corrected chi connectivity index (χ2v) is 5.52. The predicted molar refractivity (Wildman–Crippen MR) is 89.8 cm³/mol. The second kappa shape index (κ2) is 7.35. The average molecular weight is 361 g/mol. The molecule has 0 bridgehead atoms. The number of phenolic OH excluding ortho intramolecular Hbond substituents is 1. The summed E-state index contributed by atoms with van der Waals surface area (Å²) in [7, 11) is 0. The van der Waals surface area contributed by atoms with E-state index in [1.165, 1.54) is 12.1 Å². The Labute approximate surface area is 146 Å². The lowest BCUT2D eigenvalue weighted by molar-refractivity contribution is -0.0505. The molecular weight excluding hydrogens is 347 g/mol. The largest absolute Gasteiger partial charge is 0.508 e. The average Bonchev–Trinajstić information content (AvgIpc) is 2.60. The lowest BCUT2D eigenvalue weighted by Crippen LogP contribution is -2.23. The molecule has 0 fully saturated rings. The van der Waals surface area contributed by atoms with E-state index in [1.807, 2.05) is 0 Å². The quantitative estimate of drug-likeness (QED) is 0.716. The van der Waals surface area contributed by atoms with Gasteiger partial charge in [0.05, 0.1) is 0 Å². The van der Waals surface area contributed by atoms with Gasteiger partial charge in [0.15, 0.2) is 0 Å². The van der Waals surface area contributed by atoms with E-state index in [0.29, 0.717) is 16.3 Å². The van der Waals surface area contributed by atoms with Gasteiger partial charge in [0.2, 0.25) is 0 Å². The third-order valence-electron chi connectivity index (χ3n) is 3.79. The maximum atomic E-state index is 13.4. The molecule has 0 atom stereocenters. The fourth-order valence-corrected chi connectivity index (χ4v) is 2.64. The molecule has 3 aromatic carbocycles. The summed E-state index contributed by atoms with van der Waals surface area (Å²) in [5.41, 5.74) is 0.437. The van der Waals surface area contributed by atoms with Gasteiger partial charge >= 0.3 is 6.61 Å². The minimum absolute atomic E-state index is 0.0728. The van der Waals surface area contributed by atoms with Crippen LogP contribution in [0.15, 0.2) is 54.6 Å². The maximum Gasteiger partial charge on any atom is 0.387 e. The van der Waals surface area contributed by atoms with Crippen LogP contribution in [-0.2, 0) is 6.54 Å². The number of fused-ring (bicyclic) bond motifs is 1. The fraction of sp³-hybridized carbons (Fsp3) is 0.105. The molecular formula is C19H14F3NO3. The van der Waals surface area contributed by atoms with Crippen LogP contribution >= 0.6 is 0 Å². The Morgan fingerprint density at radius 3 is 2.69 bits per heavy atom. The summed E-state index contributed by atoms with van der Waals surface area (Å²) in [6, 6.07) is 12.7. The first-order valence-corrected chi connectivity index (χ1v) is 7.67. The molecule has 2 N–H and O–H groups in total. The number of aromatic hydroxyl groups is 1. The molecule has 0 aromatic heterocycles. The number of hydrogen-bond acceptors (Lipinski definition) is 3. The van der Waals surface area contributed by atoms with E-state index in [-0.39, 0.29) is 23.6 Å². The zero-order chi connectivity index (χ0) is 18.7. The number of alkyl halides is 2. The van der Waals surface area contributed by atoms with Crippen LogP contribution in [0.2, 0.25) is 0 Å². The highest BCUT2D eigenvalue weighted by molar-refractivity contribution is 6.07. The van der Waals surface area contributed by atoms with Gasteiger partial charge in [-0.25, -0.2) is 4.39 Å². The lowest BCUT2D eigenvalue weighted by Gasteiger charge is -2.12. The first-order valence-electron chi connectivity index (χ1n) is 7.67. The molecule has 7 heteroatoms. The standard InChI is InChI=1S/C19H14F3NO3/c20-13-4-7-17(26-19(21)22)12(8-13)10-23-18(25)16-3-1-2-11-9-14(24)5-6-15(11)16/h1-9,19,24H,10H2,(H,23,25). The third kappa shape index (κ3) is 3.88. The molecule has 0 aliphatic rings. The molecule has 0 spiro atoms. The topological polar surface area (TPSA) is 58.6 Å². The van der Waals surface area contributed by atoms with E-state index in [4.69, 9.17) is 0 Å². The van der Waals surface area contributed by atoms with Crippen LogP contribution in [0, 0.1) is 5.82 Å². The van der Waals surface area contributed by atoms with E-state index >= 15 is 0 Å². The molecule has 26 heavy (non-hydrogen) atoms. The Balaban J connectivity index is 1.83. The Bertz CT molecular complexity index is 960. The van der Waals surface area contributed by atoms with Gasteiger partial charge in [0, 0.05) is 17.7 Å². The molecule has 0 saturated carbocycles. The SMILES string of the molecule is O=C(NCc1cc(F)ccc1OC(F)F)c1cccc2cc(O)ccc12. The number of nitrogens with one attached hydrogen (secondary N) is 1. The van der Waals surface area contributed by atoms with Crippen molar-refractivity contribution in [3.8, 4) is 11.5 Å². The smallest absolute Gasteiger partial charge is 0.387 e. The number of halogens is 3. The van der Waals surface area contributed by atoms with Gasteiger partial charge in [0.1, 0.15) is 17.3 Å². The molecule has 3 rings (SSSR count). The number of carbonyl (C=O) groups excluding carboxylic acids is 1. The van der Waals surface area contributed by atoms with Crippen LogP contribution in [0.4, 0.5) is 13.2 Å². The van der Waals surface area contributed by atoms with E-state index in [1.54, 1.807) is 24.3 Å². The van der Waals surface area contributed by atoms with E-state index in [0.717, 1.165) is 18.2 Å². The minimum Gasteiger partial charge on any atom is -0.508 e. The summed E-state index contributed by atoms with van der Waals surface area (Å²) in [5, 5.41) is 13.4. The molecule has 1 amide bonds. The zero-order valence-electron chi connectivity index (χ0n) is 13.4. The highest BCUT2D eigenvalue weighted by atomic mass is 19.3. The van der Waals surface area contributed by atoms with E-state index in [2.05, 4.69) is 10.1 Å². The number of hydrogen-bond donors (Lipinski definition) is 2. The molecule has 0 aliphatic carbocycles. The van der Waals surface area contributed by atoms with Gasteiger partial charge in [-0.05, 0) is 53.2 Å². The molecule has 0 aliphatic heterocycles. The number of phenols is 1. The molecule has 0 radical (unpaired) electrons. The number of benzene rings is 3. The van der Waals surface area contributed by atoms with Crippen molar-refractivity contribution in [2.45, 2.75) is 13.2 Å². The predicted octanol–water partition coefficient (Wildman–Crippen LogP) is 4.22. The molecule has 0 saturated heterocycles. The van der Waals surface area contributed by atoms with Crippen molar-refractivity contribution in [2.24, 2.45) is 0 Å². The summed E-state index contributed by atoms with van der Waals surface area (Å²) in [6.07, 6.45) is 0. The minimum atomic E-state index is -3.05. The van der Waals surface area contributed by atoms with Gasteiger partial charge < -0.3 is 15.2 Å². The lowest BCUT2D eigenvalue weighted by atomic mass is 10.0. The summed E-state index contributed by atoms with van der Waals surface area (Å²) < 4.78 is 42.6. The highest BCUT2D eigenvalue weighted by Crippen LogP contribution is 2.24. The Morgan fingerprint density at radius 2 is 1.92 bits per heavy atom. The Kier molecular flexibility index (Phi) is 4.97. The summed E-state index contributed by atoms with van der Waals surface area (Å²) in [5.74, 6) is -1.22. The Morgan fingerprint density at radius 1 is 1.12 bits per heavy atom. The molecule has 134 valence electrons. The van der Waals surface area contributed by atoms with Gasteiger partial charge in [-0.3, -0.25) is 4.79 Å². The molecule has 0 unspecified atom stereocenters. The van der Waals surface area contributed by atoms with Crippen LogP contribution in [0.3, 0.4) is 0 Å².